The second-order valence-electron chi connectivity index (χ2n) is 6.29. The van der Waals surface area contributed by atoms with Crippen molar-refractivity contribution < 1.29 is 14.7 Å². The molecular formula is C23H35N3O3. The van der Waals surface area contributed by atoms with Gasteiger partial charge in [0.15, 0.2) is 0 Å². The molecule has 0 spiro atoms. The van der Waals surface area contributed by atoms with Crippen LogP contribution < -0.4 is 16.8 Å². The Labute approximate surface area is 174 Å². The van der Waals surface area contributed by atoms with E-state index in [1.54, 1.807) is 0 Å². The van der Waals surface area contributed by atoms with Crippen molar-refractivity contribution >= 4 is 12.3 Å². The molecule has 0 bridgehead atoms. The van der Waals surface area contributed by atoms with Crippen LogP contribution in [0.5, 0.6) is 0 Å². The summed E-state index contributed by atoms with van der Waals surface area (Å²) in [6.45, 7) is 6.99. The molecule has 0 unspecified atom stereocenters. The summed E-state index contributed by atoms with van der Waals surface area (Å²) in [6.07, 6.45) is 3.02. The van der Waals surface area contributed by atoms with Gasteiger partial charge < -0.3 is 21.9 Å². The van der Waals surface area contributed by atoms with Crippen molar-refractivity contribution in [2.24, 2.45) is 11.5 Å². The van der Waals surface area contributed by atoms with E-state index in [4.69, 9.17) is 16.6 Å². The van der Waals surface area contributed by atoms with E-state index in [0.717, 1.165) is 37.8 Å². The molecule has 0 saturated carbocycles. The van der Waals surface area contributed by atoms with Crippen LogP contribution in [-0.2, 0) is 4.79 Å². The van der Waals surface area contributed by atoms with Gasteiger partial charge in [0.05, 0.1) is 0 Å². The molecule has 0 aliphatic rings. The van der Waals surface area contributed by atoms with Crippen LogP contribution in [0.15, 0.2) is 54.6 Å². The van der Waals surface area contributed by atoms with Crippen molar-refractivity contribution in [3.8, 4) is 11.1 Å². The maximum Gasteiger partial charge on any atom is 0.320 e. The minimum absolute atomic E-state index is 0.520. The van der Waals surface area contributed by atoms with E-state index in [1.165, 1.54) is 5.56 Å². The van der Waals surface area contributed by atoms with Crippen LogP contribution in [0.2, 0.25) is 0 Å². The molecule has 0 fully saturated rings. The number of carboxylic acid groups (broad SMARTS) is 1. The van der Waals surface area contributed by atoms with E-state index in [2.05, 4.69) is 31.3 Å². The molecule has 29 heavy (non-hydrogen) atoms. The summed E-state index contributed by atoms with van der Waals surface area (Å²) in [6, 6.07) is 17.0. The lowest BCUT2D eigenvalue weighted by atomic mass is 10.0. The topological polar surface area (TPSA) is 118 Å². The second kappa shape index (κ2) is 17.6. The van der Waals surface area contributed by atoms with Gasteiger partial charge in [0.2, 0.25) is 0 Å². The zero-order valence-corrected chi connectivity index (χ0v) is 17.5. The van der Waals surface area contributed by atoms with Crippen LogP contribution in [0, 0.1) is 0 Å². The molecule has 0 aromatic heterocycles. The van der Waals surface area contributed by atoms with E-state index < -0.39 is 12.0 Å². The van der Waals surface area contributed by atoms with Gasteiger partial charge in [-0.1, -0.05) is 74.9 Å². The Morgan fingerprint density at radius 1 is 1.00 bits per heavy atom. The highest BCUT2D eigenvalue weighted by molar-refractivity contribution is 5.76. The SMILES string of the molecule is CCNCC.NCCCC[C@H](N)C(=O)O.O=Cc1ccc(-c2ccccc2)cc1. The van der Waals surface area contributed by atoms with Gasteiger partial charge in [0.25, 0.3) is 0 Å². The van der Waals surface area contributed by atoms with Crippen molar-refractivity contribution in [3.05, 3.63) is 60.2 Å². The first-order valence-electron chi connectivity index (χ1n) is 9.99. The smallest absolute Gasteiger partial charge is 0.320 e. The van der Waals surface area contributed by atoms with E-state index >= 15 is 0 Å². The first-order chi connectivity index (χ1) is 14.0. The van der Waals surface area contributed by atoms with Gasteiger partial charge in [-0.25, -0.2) is 0 Å². The zero-order chi connectivity index (χ0) is 21.9. The number of benzene rings is 2. The predicted molar refractivity (Wildman–Crippen MR) is 120 cm³/mol. The largest absolute Gasteiger partial charge is 0.480 e. The molecule has 6 nitrogen and oxygen atoms in total. The van der Waals surface area contributed by atoms with Crippen LogP contribution >= 0.6 is 0 Å². The number of nitrogens with one attached hydrogen (secondary N) is 1. The van der Waals surface area contributed by atoms with Crippen molar-refractivity contribution in [2.75, 3.05) is 19.6 Å². The van der Waals surface area contributed by atoms with Crippen LogP contribution in [-0.4, -0.2) is 43.0 Å². The van der Waals surface area contributed by atoms with E-state index in [1.807, 2.05) is 42.5 Å². The fourth-order valence-electron chi connectivity index (χ4n) is 2.27. The molecule has 0 heterocycles. The lowest BCUT2D eigenvalue weighted by Crippen LogP contribution is -2.29. The molecule has 0 aliphatic carbocycles. The third-order valence-electron chi connectivity index (χ3n) is 3.94. The molecule has 2 aromatic rings. The highest BCUT2D eigenvalue weighted by Crippen LogP contribution is 2.18. The summed E-state index contributed by atoms with van der Waals surface area (Å²) in [7, 11) is 0. The first kappa shape index (κ1) is 26.5. The molecule has 2 aromatic carbocycles. The molecule has 1 atom stereocenters. The Morgan fingerprint density at radius 3 is 1.97 bits per heavy atom. The maximum absolute atomic E-state index is 10.5. The van der Waals surface area contributed by atoms with Gasteiger partial charge in [-0.05, 0) is 43.6 Å². The first-order valence-corrected chi connectivity index (χ1v) is 9.99. The van der Waals surface area contributed by atoms with Gasteiger partial charge in [0.1, 0.15) is 12.3 Å². The number of nitrogens with two attached hydrogens (primary N) is 2. The standard InChI is InChI=1S/C13H10O.C6H14N2O2.C4H11N/c14-10-11-6-8-13(9-7-11)12-4-2-1-3-5-12;7-4-2-1-3-5(8)6(9)10;1-3-5-4-2/h1-10H;5H,1-4,7-8H2,(H,9,10);5H,3-4H2,1-2H3/t;5-;/m.0./s1. The molecule has 160 valence electrons. The minimum Gasteiger partial charge on any atom is -0.480 e. The van der Waals surface area contributed by atoms with Gasteiger partial charge in [0, 0.05) is 5.56 Å². The number of carbonyl (C=O) groups excluding carboxylic acids is 1. The van der Waals surface area contributed by atoms with Gasteiger partial charge >= 0.3 is 5.97 Å². The highest BCUT2D eigenvalue weighted by Gasteiger charge is 2.09. The lowest BCUT2D eigenvalue weighted by Gasteiger charge is -2.03. The number of rotatable bonds is 9. The number of carboxylic acids is 1. The fourth-order valence-corrected chi connectivity index (χ4v) is 2.27. The Hall–Kier alpha value is -2.54. The molecular weight excluding hydrogens is 366 g/mol. The van der Waals surface area contributed by atoms with Crippen LogP contribution in [0.3, 0.4) is 0 Å². The number of hydrogen-bond acceptors (Lipinski definition) is 5. The summed E-state index contributed by atoms with van der Waals surface area (Å²) in [5, 5.41) is 11.4. The monoisotopic (exact) mass is 401 g/mol. The average Bonchev–Trinajstić information content (AvgIpc) is 2.76. The maximum atomic E-state index is 10.5. The average molecular weight is 402 g/mol. The normalized spacial score (nSPS) is 10.6. The van der Waals surface area contributed by atoms with Crippen molar-refractivity contribution in [2.45, 2.75) is 39.2 Å². The number of carbonyl (C=O) groups is 2. The van der Waals surface area contributed by atoms with E-state index in [0.29, 0.717) is 18.5 Å². The van der Waals surface area contributed by atoms with Crippen LogP contribution in [0.4, 0.5) is 0 Å². The zero-order valence-electron chi connectivity index (χ0n) is 17.5. The quantitative estimate of drug-likeness (QED) is 0.378. The second-order valence-corrected chi connectivity index (χ2v) is 6.29. The fraction of sp³-hybridized carbons (Fsp3) is 0.391. The third kappa shape index (κ3) is 13.3. The summed E-state index contributed by atoms with van der Waals surface area (Å²) in [5.41, 5.74) is 13.4. The molecule has 6 heteroatoms. The van der Waals surface area contributed by atoms with E-state index in [-0.39, 0.29) is 0 Å². The van der Waals surface area contributed by atoms with Crippen molar-refractivity contribution in [1.82, 2.24) is 5.32 Å². The molecule has 0 amide bonds. The van der Waals surface area contributed by atoms with Crippen molar-refractivity contribution in [3.63, 3.8) is 0 Å². The number of aliphatic carboxylic acids is 1. The van der Waals surface area contributed by atoms with Crippen LogP contribution in [0.25, 0.3) is 11.1 Å². The number of aldehydes is 1. The molecule has 0 radical (unpaired) electrons. The Balaban J connectivity index is 0.000000459. The number of unbranched alkanes of at least 4 members (excludes halogenated alkanes) is 1. The number of hydrogen-bond donors (Lipinski definition) is 4. The molecule has 6 N–H and O–H groups in total. The third-order valence-corrected chi connectivity index (χ3v) is 3.94. The predicted octanol–water partition coefficient (Wildman–Crippen LogP) is 3.31. The summed E-state index contributed by atoms with van der Waals surface area (Å²) < 4.78 is 0. The minimum atomic E-state index is -0.933. The lowest BCUT2D eigenvalue weighted by molar-refractivity contribution is -0.138. The summed E-state index contributed by atoms with van der Waals surface area (Å²) in [4.78, 5) is 20.6. The summed E-state index contributed by atoms with van der Waals surface area (Å²) >= 11 is 0. The van der Waals surface area contributed by atoms with Crippen LogP contribution in [0.1, 0.15) is 43.5 Å². The van der Waals surface area contributed by atoms with Crippen molar-refractivity contribution in [1.29, 1.82) is 0 Å². The Bertz CT molecular complexity index is 659. The molecule has 0 aliphatic heterocycles. The van der Waals surface area contributed by atoms with E-state index in [9.17, 15) is 9.59 Å². The summed E-state index contributed by atoms with van der Waals surface area (Å²) in [5.74, 6) is -0.933. The highest BCUT2D eigenvalue weighted by atomic mass is 16.4. The molecule has 0 saturated heterocycles. The van der Waals surface area contributed by atoms with Gasteiger partial charge in [-0.15, -0.1) is 0 Å². The Morgan fingerprint density at radius 2 is 1.55 bits per heavy atom. The Kier molecular flexibility index (Phi) is 16.0. The van der Waals surface area contributed by atoms with Gasteiger partial charge in [-0.3, -0.25) is 9.59 Å². The van der Waals surface area contributed by atoms with Gasteiger partial charge in [-0.2, -0.15) is 0 Å². The molecule has 2 rings (SSSR count).